The van der Waals surface area contributed by atoms with E-state index < -0.39 is 5.97 Å². The predicted molar refractivity (Wildman–Crippen MR) is 92.4 cm³/mol. The zero-order valence-electron chi connectivity index (χ0n) is 13.1. The Morgan fingerprint density at radius 2 is 2.08 bits per heavy atom. The Balaban J connectivity index is 1.73. The van der Waals surface area contributed by atoms with Gasteiger partial charge in [-0.25, -0.2) is 9.78 Å². The first kappa shape index (κ1) is 16.4. The van der Waals surface area contributed by atoms with Crippen LogP contribution in [0.25, 0.3) is 11.3 Å². The molecule has 0 aliphatic carbocycles. The number of methoxy groups -OCH3 is 1. The van der Waals surface area contributed by atoms with Gasteiger partial charge in [0.05, 0.1) is 24.4 Å². The lowest BCUT2D eigenvalue weighted by molar-refractivity contribution is 0.0594. The fraction of sp³-hybridized carbons (Fsp3) is 0.0588. The molecule has 0 aliphatic heterocycles. The SMILES string of the molecule is COC(=O)c1cc(-c2csc(NC(=O)c3ccc(C#N)cc3)n2)c[nH]1. The summed E-state index contributed by atoms with van der Waals surface area (Å²) in [5, 5.41) is 13.7. The molecule has 0 radical (unpaired) electrons. The number of carbonyl (C=O) groups excluding carboxylic acids is 2. The Labute approximate surface area is 146 Å². The van der Waals surface area contributed by atoms with Crippen molar-refractivity contribution in [3.63, 3.8) is 0 Å². The van der Waals surface area contributed by atoms with Crippen molar-refractivity contribution in [3.05, 3.63) is 58.7 Å². The van der Waals surface area contributed by atoms with Gasteiger partial charge in [-0.15, -0.1) is 11.3 Å². The monoisotopic (exact) mass is 352 g/mol. The summed E-state index contributed by atoms with van der Waals surface area (Å²) in [6.07, 6.45) is 1.65. The number of rotatable bonds is 4. The predicted octanol–water partition coefficient (Wildman–Crippen LogP) is 3.05. The molecule has 2 aromatic heterocycles. The van der Waals surface area contributed by atoms with Crippen LogP contribution in [0.15, 0.2) is 41.9 Å². The summed E-state index contributed by atoms with van der Waals surface area (Å²) in [5.74, 6) is -0.773. The third-order valence-electron chi connectivity index (χ3n) is 3.38. The minimum atomic E-state index is -0.462. The number of esters is 1. The zero-order valence-corrected chi connectivity index (χ0v) is 13.9. The maximum absolute atomic E-state index is 12.2. The van der Waals surface area contributed by atoms with Crippen LogP contribution in [0.4, 0.5) is 5.13 Å². The lowest BCUT2D eigenvalue weighted by Crippen LogP contribution is -2.11. The van der Waals surface area contributed by atoms with Gasteiger partial charge in [-0.05, 0) is 30.3 Å². The van der Waals surface area contributed by atoms with Crippen molar-refractivity contribution in [1.29, 1.82) is 5.26 Å². The highest BCUT2D eigenvalue weighted by Crippen LogP contribution is 2.26. The van der Waals surface area contributed by atoms with E-state index in [4.69, 9.17) is 5.26 Å². The van der Waals surface area contributed by atoms with E-state index in [1.165, 1.54) is 18.4 Å². The van der Waals surface area contributed by atoms with E-state index in [0.717, 1.165) is 5.56 Å². The topological polar surface area (TPSA) is 108 Å². The minimum absolute atomic E-state index is 0.310. The number of nitrogens with zero attached hydrogens (tertiary/aromatic N) is 2. The Hall–Kier alpha value is -3.44. The van der Waals surface area contributed by atoms with E-state index >= 15 is 0 Å². The molecule has 2 N–H and O–H groups in total. The molecule has 0 fully saturated rings. The van der Waals surface area contributed by atoms with E-state index in [2.05, 4.69) is 20.0 Å². The molecular formula is C17H12N4O3S. The van der Waals surface area contributed by atoms with Gasteiger partial charge in [0.1, 0.15) is 5.69 Å². The van der Waals surface area contributed by atoms with E-state index in [1.54, 1.807) is 41.9 Å². The lowest BCUT2D eigenvalue weighted by atomic mass is 10.1. The number of ether oxygens (including phenoxy) is 1. The van der Waals surface area contributed by atoms with E-state index in [0.29, 0.717) is 27.6 Å². The van der Waals surface area contributed by atoms with Crippen LogP contribution in [0.5, 0.6) is 0 Å². The average Bonchev–Trinajstić information content (AvgIpc) is 3.30. The van der Waals surface area contributed by atoms with Crippen molar-refractivity contribution in [1.82, 2.24) is 9.97 Å². The number of aromatic nitrogens is 2. The second-order valence-electron chi connectivity index (χ2n) is 4.97. The Bertz CT molecular complexity index is 966. The molecule has 0 aliphatic rings. The smallest absolute Gasteiger partial charge is 0.354 e. The van der Waals surface area contributed by atoms with Crippen LogP contribution in [0.3, 0.4) is 0 Å². The summed E-state index contributed by atoms with van der Waals surface area (Å²) in [6.45, 7) is 0. The summed E-state index contributed by atoms with van der Waals surface area (Å²) in [5.41, 5.74) is 2.60. The number of H-pyrrole nitrogens is 1. The molecule has 2 heterocycles. The van der Waals surface area contributed by atoms with E-state index in [1.807, 2.05) is 6.07 Å². The number of carbonyl (C=O) groups is 2. The highest BCUT2D eigenvalue weighted by atomic mass is 32.1. The molecule has 3 aromatic rings. The Kier molecular flexibility index (Phi) is 4.59. The minimum Gasteiger partial charge on any atom is -0.464 e. The molecule has 1 amide bonds. The molecule has 124 valence electrons. The zero-order chi connectivity index (χ0) is 17.8. The summed E-state index contributed by atoms with van der Waals surface area (Å²) in [6, 6.07) is 9.95. The van der Waals surface area contributed by atoms with Crippen LogP contribution in [0, 0.1) is 11.3 Å². The van der Waals surface area contributed by atoms with Crippen molar-refractivity contribution in [3.8, 4) is 17.3 Å². The van der Waals surface area contributed by atoms with Crippen molar-refractivity contribution < 1.29 is 14.3 Å². The molecule has 0 saturated carbocycles. The number of aromatic amines is 1. The fourth-order valence-electron chi connectivity index (χ4n) is 2.10. The van der Waals surface area contributed by atoms with Gasteiger partial charge in [0.2, 0.25) is 0 Å². The molecule has 0 saturated heterocycles. The average molecular weight is 352 g/mol. The number of amides is 1. The first-order valence-electron chi connectivity index (χ1n) is 7.15. The normalized spacial score (nSPS) is 10.1. The lowest BCUT2D eigenvalue weighted by Gasteiger charge is -2.01. The van der Waals surface area contributed by atoms with Gasteiger partial charge >= 0.3 is 5.97 Å². The van der Waals surface area contributed by atoms with Gasteiger partial charge in [-0.1, -0.05) is 0 Å². The van der Waals surface area contributed by atoms with Gasteiger partial charge in [0.15, 0.2) is 5.13 Å². The molecule has 3 rings (SSSR count). The van der Waals surface area contributed by atoms with Crippen LogP contribution in [-0.4, -0.2) is 29.0 Å². The quantitative estimate of drug-likeness (QED) is 0.702. The molecule has 0 atom stereocenters. The molecule has 0 spiro atoms. The molecule has 25 heavy (non-hydrogen) atoms. The summed E-state index contributed by atoms with van der Waals surface area (Å²) < 4.78 is 4.64. The van der Waals surface area contributed by atoms with Crippen LogP contribution >= 0.6 is 11.3 Å². The maximum atomic E-state index is 12.2. The fourth-order valence-corrected chi connectivity index (χ4v) is 2.81. The van der Waals surface area contributed by atoms with Crippen molar-refractivity contribution in [2.24, 2.45) is 0 Å². The largest absolute Gasteiger partial charge is 0.464 e. The van der Waals surface area contributed by atoms with Crippen LogP contribution in [0.2, 0.25) is 0 Å². The van der Waals surface area contributed by atoms with Crippen molar-refractivity contribution in [2.75, 3.05) is 12.4 Å². The molecule has 0 unspecified atom stereocenters. The van der Waals surface area contributed by atoms with E-state index in [-0.39, 0.29) is 5.91 Å². The highest BCUT2D eigenvalue weighted by molar-refractivity contribution is 7.14. The molecule has 0 bridgehead atoms. The molecular weight excluding hydrogens is 340 g/mol. The van der Waals surface area contributed by atoms with E-state index in [9.17, 15) is 9.59 Å². The van der Waals surface area contributed by atoms with Gasteiger partial charge < -0.3 is 9.72 Å². The molecule has 7 nitrogen and oxygen atoms in total. The second-order valence-corrected chi connectivity index (χ2v) is 5.83. The third-order valence-corrected chi connectivity index (χ3v) is 4.14. The number of thiazole rings is 1. The van der Waals surface area contributed by atoms with Crippen molar-refractivity contribution in [2.45, 2.75) is 0 Å². The van der Waals surface area contributed by atoms with Gasteiger partial charge in [0.25, 0.3) is 5.91 Å². The second kappa shape index (κ2) is 6.98. The summed E-state index contributed by atoms with van der Waals surface area (Å²) in [7, 11) is 1.31. The highest BCUT2D eigenvalue weighted by Gasteiger charge is 2.13. The Morgan fingerprint density at radius 3 is 2.76 bits per heavy atom. The number of nitrogens with one attached hydrogen (secondary N) is 2. The maximum Gasteiger partial charge on any atom is 0.354 e. The third kappa shape index (κ3) is 3.57. The molecule has 8 heteroatoms. The van der Waals surface area contributed by atoms with Crippen LogP contribution in [-0.2, 0) is 4.74 Å². The standard InChI is InChI=1S/C17H12N4O3S/c1-24-16(23)13-6-12(8-19-13)14-9-25-17(20-14)21-15(22)11-4-2-10(7-18)3-5-11/h2-6,8-9,19H,1H3,(H,20,21,22). The first-order chi connectivity index (χ1) is 12.1. The molecule has 1 aromatic carbocycles. The number of hydrogen-bond acceptors (Lipinski definition) is 6. The van der Waals surface area contributed by atoms with Crippen LogP contribution < -0.4 is 5.32 Å². The van der Waals surface area contributed by atoms with Gasteiger partial charge in [-0.3, -0.25) is 10.1 Å². The van der Waals surface area contributed by atoms with Crippen LogP contribution in [0.1, 0.15) is 26.4 Å². The number of benzene rings is 1. The number of anilines is 1. The van der Waals surface area contributed by atoms with Gasteiger partial charge in [-0.2, -0.15) is 5.26 Å². The summed E-state index contributed by atoms with van der Waals surface area (Å²) >= 11 is 1.27. The first-order valence-corrected chi connectivity index (χ1v) is 8.03. The Morgan fingerprint density at radius 1 is 1.32 bits per heavy atom. The van der Waals surface area contributed by atoms with Gasteiger partial charge in [0, 0.05) is 22.7 Å². The van der Waals surface area contributed by atoms with Crippen molar-refractivity contribution >= 4 is 28.3 Å². The number of nitriles is 1. The number of hydrogen-bond donors (Lipinski definition) is 2. The summed E-state index contributed by atoms with van der Waals surface area (Å²) in [4.78, 5) is 30.8.